The molecule has 1 heterocycles. The van der Waals surface area contributed by atoms with Gasteiger partial charge in [0.15, 0.2) is 5.13 Å². The Morgan fingerprint density at radius 1 is 0.825 bits per heavy atom. The lowest BCUT2D eigenvalue weighted by molar-refractivity contribution is -0.152. The van der Waals surface area contributed by atoms with Crippen molar-refractivity contribution in [2.75, 3.05) is 19.1 Å². The van der Waals surface area contributed by atoms with Crippen LogP contribution in [-0.2, 0) is 27.1 Å². The van der Waals surface area contributed by atoms with Crippen LogP contribution >= 0.6 is 11.3 Å². The van der Waals surface area contributed by atoms with Crippen LogP contribution in [0.3, 0.4) is 0 Å². The summed E-state index contributed by atoms with van der Waals surface area (Å²) in [5, 5.41) is 0.585. The number of aryl methyl sites for hydroxylation is 1. The number of carbonyl (C=O) groups is 2. The first-order chi connectivity index (χ1) is 19.5. The van der Waals surface area contributed by atoms with Crippen molar-refractivity contribution in [3.8, 4) is 0 Å². The van der Waals surface area contributed by atoms with E-state index < -0.39 is 6.09 Å². The van der Waals surface area contributed by atoms with Crippen LogP contribution in [0.2, 0.25) is 0 Å². The third-order valence-electron chi connectivity index (χ3n) is 7.96. The number of hydrogen-bond donors (Lipinski definition) is 1. The van der Waals surface area contributed by atoms with Crippen LogP contribution in [0.15, 0.2) is 0 Å². The van der Waals surface area contributed by atoms with E-state index in [4.69, 9.17) is 15.2 Å². The monoisotopic (exact) mass is 579 g/mol. The van der Waals surface area contributed by atoms with E-state index in [-0.39, 0.29) is 18.8 Å². The number of aromatic nitrogens is 1. The Balaban J connectivity index is 1.41. The lowest BCUT2D eigenvalue weighted by atomic mass is 9.96. The average Bonchev–Trinajstić information content (AvgIpc) is 3.32. The topological polar surface area (TPSA) is 94.8 Å². The average molecular weight is 580 g/mol. The van der Waals surface area contributed by atoms with Crippen molar-refractivity contribution >= 4 is 28.5 Å². The maximum Gasteiger partial charge on any atom is 0.412 e. The number of ether oxygens (including phenoxy) is 2. The molecule has 1 unspecified atom stereocenters. The molecule has 1 aromatic rings. The van der Waals surface area contributed by atoms with Gasteiger partial charge in [-0.3, -0.25) is 4.79 Å². The fraction of sp³-hybridized carbons (Fsp3) is 0.844. The largest absolute Gasteiger partial charge is 0.428 e. The number of fused-ring (bicyclic) bond motifs is 1. The molecule has 2 rings (SSSR count). The van der Waals surface area contributed by atoms with Gasteiger partial charge in [-0.15, -0.1) is 11.3 Å². The van der Waals surface area contributed by atoms with E-state index >= 15 is 0 Å². The lowest BCUT2D eigenvalue weighted by Crippen LogP contribution is -2.44. The number of nitrogens with two attached hydrogens (primary N) is 1. The number of carbonyl (C=O) groups excluding carboxylic acids is 2. The van der Waals surface area contributed by atoms with Gasteiger partial charge in [-0.05, 0) is 25.7 Å². The summed E-state index contributed by atoms with van der Waals surface area (Å²) in [7, 11) is 0. The SMILES string of the molecule is CCCCCCCCCCCCCCCCCCCC(=O)OCOC(=O)N(CCC)C1CCc2nc(N)sc2C1. The molecule has 230 valence electrons. The van der Waals surface area contributed by atoms with Gasteiger partial charge in [0.25, 0.3) is 0 Å². The molecule has 1 atom stereocenters. The Morgan fingerprint density at radius 3 is 1.93 bits per heavy atom. The fourth-order valence-corrected chi connectivity index (χ4v) is 6.55. The molecular formula is C32H57N3O4S. The summed E-state index contributed by atoms with van der Waals surface area (Å²) in [5.74, 6) is -0.293. The maximum atomic E-state index is 12.7. The molecule has 2 N–H and O–H groups in total. The molecule has 0 saturated heterocycles. The second-order valence-electron chi connectivity index (χ2n) is 11.5. The fourth-order valence-electron chi connectivity index (χ4n) is 5.60. The van der Waals surface area contributed by atoms with Crippen LogP contribution in [0.5, 0.6) is 0 Å². The van der Waals surface area contributed by atoms with Gasteiger partial charge in [-0.25, -0.2) is 9.78 Å². The van der Waals surface area contributed by atoms with Gasteiger partial charge in [-0.1, -0.05) is 117 Å². The van der Waals surface area contributed by atoms with E-state index in [1.54, 1.807) is 4.90 Å². The van der Waals surface area contributed by atoms with E-state index in [2.05, 4.69) is 11.9 Å². The minimum absolute atomic E-state index is 0.0606. The third-order valence-corrected chi connectivity index (χ3v) is 8.91. The molecule has 8 heteroatoms. The summed E-state index contributed by atoms with van der Waals surface area (Å²) < 4.78 is 10.5. The number of esters is 1. The number of nitrogen functional groups attached to an aromatic ring is 1. The molecule has 1 aromatic heterocycles. The van der Waals surface area contributed by atoms with Crippen molar-refractivity contribution < 1.29 is 19.1 Å². The molecule has 0 aliphatic heterocycles. The molecule has 1 aliphatic carbocycles. The predicted molar refractivity (Wildman–Crippen MR) is 166 cm³/mol. The number of rotatable bonds is 23. The van der Waals surface area contributed by atoms with Crippen molar-refractivity contribution in [2.45, 2.75) is 161 Å². The first-order valence-corrected chi connectivity index (χ1v) is 17.2. The molecule has 1 aliphatic rings. The van der Waals surface area contributed by atoms with Crippen molar-refractivity contribution in [1.82, 2.24) is 9.88 Å². The van der Waals surface area contributed by atoms with Crippen LogP contribution in [0, 0.1) is 0 Å². The second kappa shape index (κ2) is 21.9. The van der Waals surface area contributed by atoms with Gasteiger partial charge < -0.3 is 20.1 Å². The maximum absolute atomic E-state index is 12.7. The number of hydrogen-bond acceptors (Lipinski definition) is 7. The molecule has 0 aromatic carbocycles. The summed E-state index contributed by atoms with van der Waals surface area (Å²) >= 11 is 1.50. The number of nitrogens with zero attached hydrogens (tertiary/aromatic N) is 2. The van der Waals surface area contributed by atoms with Crippen LogP contribution in [0.4, 0.5) is 9.93 Å². The Labute approximate surface area is 248 Å². The van der Waals surface area contributed by atoms with Gasteiger partial charge >= 0.3 is 12.1 Å². The van der Waals surface area contributed by atoms with Gasteiger partial charge in [0.2, 0.25) is 6.79 Å². The molecule has 0 bridgehead atoms. The van der Waals surface area contributed by atoms with E-state index in [0.29, 0.717) is 18.1 Å². The Hall–Kier alpha value is -1.83. The minimum atomic E-state index is -0.418. The summed E-state index contributed by atoms with van der Waals surface area (Å²) in [6.07, 6.45) is 25.5. The van der Waals surface area contributed by atoms with Gasteiger partial charge in [0, 0.05) is 30.3 Å². The Bertz CT molecular complexity index is 816. The Kier molecular flexibility index (Phi) is 18.8. The van der Waals surface area contributed by atoms with Crippen LogP contribution < -0.4 is 5.73 Å². The van der Waals surface area contributed by atoms with E-state index in [0.717, 1.165) is 49.1 Å². The minimum Gasteiger partial charge on any atom is -0.428 e. The highest BCUT2D eigenvalue weighted by molar-refractivity contribution is 7.15. The van der Waals surface area contributed by atoms with Gasteiger partial charge in [0.1, 0.15) is 0 Å². The molecule has 40 heavy (non-hydrogen) atoms. The molecule has 7 nitrogen and oxygen atoms in total. The van der Waals surface area contributed by atoms with Crippen LogP contribution in [0.1, 0.15) is 153 Å². The molecular weight excluding hydrogens is 522 g/mol. The molecule has 0 radical (unpaired) electrons. The highest BCUT2D eigenvalue weighted by Crippen LogP contribution is 2.30. The summed E-state index contributed by atoms with van der Waals surface area (Å²) in [6, 6.07) is 0.0606. The van der Waals surface area contributed by atoms with E-state index in [9.17, 15) is 9.59 Å². The van der Waals surface area contributed by atoms with Crippen molar-refractivity contribution in [3.63, 3.8) is 0 Å². The summed E-state index contributed by atoms with van der Waals surface area (Å²) in [5.41, 5.74) is 6.91. The van der Waals surface area contributed by atoms with Crippen molar-refractivity contribution in [3.05, 3.63) is 10.6 Å². The van der Waals surface area contributed by atoms with Gasteiger partial charge in [-0.2, -0.15) is 0 Å². The summed E-state index contributed by atoms with van der Waals surface area (Å²) in [4.78, 5) is 32.1. The smallest absolute Gasteiger partial charge is 0.412 e. The normalized spacial score (nSPS) is 14.6. The summed E-state index contributed by atoms with van der Waals surface area (Å²) in [6.45, 7) is 4.61. The zero-order valence-electron chi connectivity index (χ0n) is 25.6. The first kappa shape index (κ1) is 34.4. The van der Waals surface area contributed by atoms with Crippen molar-refractivity contribution in [2.24, 2.45) is 0 Å². The highest BCUT2D eigenvalue weighted by atomic mass is 32.1. The van der Waals surface area contributed by atoms with E-state index in [1.165, 1.54) is 108 Å². The van der Waals surface area contributed by atoms with Crippen molar-refractivity contribution in [1.29, 1.82) is 0 Å². The zero-order valence-corrected chi connectivity index (χ0v) is 26.4. The number of unbranched alkanes of at least 4 members (excludes halogenated alkanes) is 16. The zero-order chi connectivity index (χ0) is 28.8. The standard InChI is InChI=1S/C32H57N3O4S/c1-3-5-6-7-8-9-10-11-12-13-14-15-16-17-18-19-20-21-30(36)38-26-39-32(37)35(24-4-2)27-22-23-28-29(25-27)40-31(33)34-28/h27H,3-26H2,1-2H3,(H2,33,34). The molecule has 0 spiro atoms. The predicted octanol–water partition coefficient (Wildman–Crippen LogP) is 8.97. The number of thiazole rings is 1. The molecule has 0 fully saturated rings. The molecule has 0 saturated carbocycles. The number of anilines is 1. The lowest BCUT2D eigenvalue weighted by Gasteiger charge is -2.32. The third kappa shape index (κ3) is 14.7. The quantitative estimate of drug-likeness (QED) is 0.0790. The molecule has 1 amide bonds. The number of amides is 1. The van der Waals surface area contributed by atoms with E-state index in [1.807, 2.05) is 6.92 Å². The highest BCUT2D eigenvalue weighted by Gasteiger charge is 2.30. The Morgan fingerprint density at radius 2 is 1.38 bits per heavy atom. The second-order valence-corrected chi connectivity index (χ2v) is 12.6. The van der Waals surface area contributed by atoms with Crippen LogP contribution in [0.25, 0.3) is 0 Å². The first-order valence-electron chi connectivity index (χ1n) is 16.4. The van der Waals surface area contributed by atoms with Gasteiger partial charge in [0.05, 0.1) is 5.69 Å². The van der Waals surface area contributed by atoms with Crippen LogP contribution in [-0.4, -0.2) is 41.3 Å².